The summed E-state index contributed by atoms with van der Waals surface area (Å²) in [7, 11) is 0. The molecular formula is C15H15ClN2O3S. The van der Waals surface area contributed by atoms with Gasteiger partial charge in [-0.25, -0.2) is 4.98 Å². The molecule has 1 aromatic carbocycles. The maximum atomic E-state index is 11.5. The van der Waals surface area contributed by atoms with Crippen molar-refractivity contribution < 1.29 is 14.7 Å². The van der Waals surface area contributed by atoms with Gasteiger partial charge in [-0.1, -0.05) is 30.7 Å². The number of benzene rings is 1. The number of thiazole rings is 1. The molecule has 5 nitrogen and oxygen atoms in total. The third-order valence-electron chi connectivity index (χ3n) is 3.08. The molecule has 0 aliphatic rings. The van der Waals surface area contributed by atoms with E-state index < -0.39 is 11.9 Å². The topological polar surface area (TPSA) is 79.3 Å². The molecule has 2 N–H and O–H groups in total. The number of nitrogens with one attached hydrogen (secondary N) is 1. The van der Waals surface area contributed by atoms with Crippen LogP contribution in [0, 0.1) is 0 Å². The fourth-order valence-corrected chi connectivity index (χ4v) is 3.39. The van der Waals surface area contributed by atoms with Crippen LogP contribution in [0.15, 0.2) is 24.3 Å². The number of carboxylic acid groups (broad SMARTS) is 1. The van der Waals surface area contributed by atoms with Crippen LogP contribution in [-0.2, 0) is 9.59 Å². The van der Waals surface area contributed by atoms with Gasteiger partial charge in [0.1, 0.15) is 0 Å². The first-order chi connectivity index (χ1) is 10.4. The molecule has 0 fully saturated rings. The van der Waals surface area contributed by atoms with Gasteiger partial charge < -0.3 is 10.4 Å². The average molecular weight is 339 g/mol. The number of rotatable bonds is 5. The van der Waals surface area contributed by atoms with E-state index in [1.165, 1.54) is 18.3 Å². The summed E-state index contributed by atoms with van der Waals surface area (Å²) in [5, 5.41) is 13.0. The molecule has 1 amide bonds. The molecule has 116 valence electrons. The van der Waals surface area contributed by atoms with E-state index in [1.807, 2.05) is 6.92 Å². The molecule has 0 spiro atoms. The number of halogens is 1. The lowest BCUT2D eigenvalue weighted by atomic mass is 10.0. The Hall–Kier alpha value is -1.92. The predicted molar refractivity (Wildman–Crippen MR) is 87.5 cm³/mol. The van der Waals surface area contributed by atoms with Gasteiger partial charge in [0.15, 0.2) is 5.13 Å². The van der Waals surface area contributed by atoms with Crippen molar-refractivity contribution in [1.82, 2.24) is 4.98 Å². The summed E-state index contributed by atoms with van der Waals surface area (Å²) < 4.78 is 0. The van der Waals surface area contributed by atoms with Crippen molar-refractivity contribution in [2.24, 2.45) is 0 Å². The minimum atomic E-state index is -0.907. The monoisotopic (exact) mass is 338 g/mol. The van der Waals surface area contributed by atoms with E-state index in [9.17, 15) is 14.7 Å². The Bertz CT molecular complexity index is 697. The van der Waals surface area contributed by atoms with Crippen LogP contribution in [0.5, 0.6) is 0 Å². The Morgan fingerprint density at radius 3 is 2.50 bits per heavy atom. The number of aromatic nitrogens is 1. The third kappa shape index (κ3) is 3.64. The maximum absolute atomic E-state index is 11.5. The molecule has 1 aromatic heterocycles. The smallest absolute Gasteiger partial charge is 0.311 e. The van der Waals surface area contributed by atoms with Crippen LogP contribution in [0.1, 0.15) is 31.1 Å². The minimum Gasteiger partial charge on any atom is -0.481 e. The van der Waals surface area contributed by atoms with Crippen LogP contribution in [0.25, 0.3) is 11.3 Å². The Morgan fingerprint density at radius 2 is 2.00 bits per heavy atom. The first kappa shape index (κ1) is 16.5. The molecule has 0 saturated carbocycles. The SMILES string of the molecule is CCC(C(=O)O)c1sc(NC(C)=O)nc1-c1ccc(Cl)cc1. The number of hydrogen-bond donors (Lipinski definition) is 2. The number of hydrogen-bond acceptors (Lipinski definition) is 4. The van der Waals surface area contributed by atoms with Gasteiger partial charge in [0.25, 0.3) is 0 Å². The lowest BCUT2D eigenvalue weighted by Gasteiger charge is -2.09. The zero-order valence-corrected chi connectivity index (χ0v) is 13.7. The summed E-state index contributed by atoms with van der Waals surface area (Å²) in [6.07, 6.45) is 0.442. The fraction of sp³-hybridized carbons (Fsp3) is 0.267. The summed E-state index contributed by atoms with van der Waals surface area (Å²) in [4.78, 5) is 27.7. The predicted octanol–water partition coefficient (Wildman–Crippen LogP) is 4.00. The summed E-state index contributed by atoms with van der Waals surface area (Å²) in [5.41, 5.74) is 1.34. The second kappa shape index (κ2) is 6.89. The van der Waals surface area contributed by atoms with Gasteiger partial charge >= 0.3 is 5.97 Å². The zero-order chi connectivity index (χ0) is 16.3. The van der Waals surface area contributed by atoms with Crippen molar-refractivity contribution in [3.63, 3.8) is 0 Å². The van der Waals surface area contributed by atoms with E-state index in [1.54, 1.807) is 24.3 Å². The quantitative estimate of drug-likeness (QED) is 0.863. The van der Waals surface area contributed by atoms with Crippen LogP contribution < -0.4 is 5.32 Å². The molecule has 0 radical (unpaired) electrons. The largest absolute Gasteiger partial charge is 0.481 e. The second-order valence-electron chi connectivity index (χ2n) is 4.72. The molecule has 0 saturated heterocycles. The summed E-state index contributed by atoms with van der Waals surface area (Å²) in [6, 6.07) is 7.01. The number of nitrogens with zero attached hydrogens (tertiary/aromatic N) is 1. The molecular weight excluding hydrogens is 324 g/mol. The fourth-order valence-electron chi connectivity index (χ4n) is 2.06. The van der Waals surface area contributed by atoms with E-state index >= 15 is 0 Å². The second-order valence-corrected chi connectivity index (χ2v) is 6.19. The number of carboxylic acids is 1. The molecule has 1 heterocycles. The van der Waals surface area contributed by atoms with Gasteiger partial charge in [-0.15, -0.1) is 11.3 Å². The van der Waals surface area contributed by atoms with E-state index in [-0.39, 0.29) is 5.91 Å². The summed E-state index contributed by atoms with van der Waals surface area (Å²) in [5.74, 6) is -1.81. The van der Waals surface area contributed by atoms with Crippen LogP contribution in [0.3, 0.4) is 0 Å². The van der Waals surface area contributed by atoms with Crippen molar-refractivity contribution in [3.8, 4) is 11.3 Å². The van der Waals surface area contributed by atoms with Gasteiger partial charge in [0.2, 0.25) is 5.91 Å². The Kier molecular flexibility index (Phi) is 5.15. The van der Waals surface area contributed by atoms with E-state index in [2.05, 4.69) is 10.3 Å². The molecule has 0 bridgehead atoms. The molecule has 7 heteroatoms. The highest BCUT2D eigenvalue weighted by Crippen LogP contribution is 2.38. The van der Waals surface area contributed by atoms with Gasteiger partial charge in [-0.05, 0) is 18.6 Å². The molecule has 22 heavy (non-hydrogen) atoms. The molecule has 0 aliphatic carbocycles. The minimum absolute atomic E-state index is 0.244. The first-order valence-electron chi connectivity index (χ1n) is 6.69. The van der Waals surface area contributed by atoms with Gasteiger partial charge in [-0.2, -0.15) is 0 Å². The summed E-state index contributed by atoms with van der Waals surface area (Å²) in [6.45, 7) is 3.19. The Labute approximate surface area is 137 Å². The molecule has 2 rings (SSSR count). The van der Waals surface area contributed by atoms with Crippen LogP contribution in [-0.4, -0.2) is 22.0 Å². The van der Waals surface area contributed by atoms with Gasteiger partial charge in [-0.3, -0.25) is 9.59 Å². The molecule has 1 atom stereocenters. The zero-order valence-electron chi connectivity index (χ0n) is 12.1. The van der Waals surface area contributed by atoms with Crippen LogP contribution in [0.2, 0.25) is 5.02 Å². The van der Waals surface area contributed by atoms with Crippen molar-refractivity contribution in [2.45, 2.75) is 26.2 Å². The number of aliphatic carboxylic acids is 1. The van der Waals surface area contributed by atoms with E-state index in [0.717, 1.165) is 5.56 Å². The Balaban J connectivity index is 2.54. The molecule has 2 aromatic rings. The highest BCUT2D eigenvalue weighted by Gasteiger charge is 2.26. The van der Waals surface area contributed by atoms with Crippen molar-refractivity contribution in [3.05, 3.63) is 34.2 Å². The number of carbonyl (C=O) groups excluding carboxylic acids is 1. The lowest BCUT2D eigenvalue weighted by Crippen LogP contribution is -2.10. The Morgan fingerprint density at radius 1 is 1.36 bits per heavy atom. The average Bonchev–Trinajstić information content (AvgIpc) is 2.82. The van der Waals surface area contributed by atoms with E-state index in [0.29, 0.717) is 27.1 Å². The number of carbonyl (C=O) groups is 2. The van der Waals surface area contributed by atoms with Crippen molar-refractivity contribution in [1.29, 1.82) is 0 Å². The molecule has 0 aliphatic heterocycles. The lowest BCUT2D eigenvalue weighted by molar-refractivity contribution is -0.138. The first-order valence-corrected chi connectivity index (χ1v) is 7.88. The third-order valence-corrected chi connectivity index (χ3v) is 4.41. The van der Waals surface area contributed by atoms with E-state index in [4.69, 9.17) is 11.6 Å². The number of anilines is 1. The van der Waals surface area contributed by atoms with Crippen LogP contribution >= 0.6 is 22.9 Å². The van der Waals surface area contributed by atoms with Crippen molar-refractivity contribution in [2.75, 3.05) is 5.32 Å². The maximum Gasteiger partial charge on any atom is 0.311 e. The van der Waals surface area contributed by atoms with Crippen LogP contribution in [0.4, 0.5) is 5.13 Å². The van der Waals surface area contributed by atoms with Crippen molar-refractivity contribution >= 4 is 39.9 Å². The molecule has 1 unspecified atom stereocenters. The number of amides is 1. The summed E-state index contributed by atoms with van der Waals surface area (Å²) >= 11 is 7.08. The van der Waals surface area contributed by atoms with Gasteiger partial charge in [0.05, 0.1) is 11.6 Å². The highest BCUT2D eigenvalue weighted by molar-refractivity contribution is 7.16. The highest BCUT2D eigenvalue weighted by atomic mass is 35.5. The normalized spacial score (nSPS) is 12.0. The van der Waals surface area contributed by atoms with Gasteiger partial charge in [0, 0.05) is 22.4 Å². The standard InChI is InChI=1S/C15H15ClN2O3S/c1-3-11(14(20)21)13-12(9-4-6-10(16)7-5-9)18-15(22-13)17-8(2)19/h4-7,11H,3H2,1-2H3,(H,20,21)(H,17,18,19).